The number of piperidine rings is 1. The number of benzene rings is 1. The Balaban J connectivity index is 1.62. The highest BCUT2D eigenvalue weighted by atomic mass is 16.3. The number of aryl methyl sites for hydroxylation is 1. The maximum absolute atomic E-state index is 12.7. The van der Waals surface area contributed by atoms with Gasteiger partial charge < -0.3 is 19.3 Å². The fourth-order valence-corrected chi connectivity index (χ4v) is 3.44. The summed E-state index contributed by atoms with van der Waals surface area (Å²) in [5, 5.41) is 9.92. The van der Waals surface area contributed by atoms with Crippen LogP contribution in [0.4, 0.5) is 0 Å². The normalized spacial score (nSPS) is 16.2. The molecule has 130 valence electrons. The van der Waals surface area contributed by atoms with Gasteiger partial charge in [-0.3, -0.25) is 4.79 Å². The third-order valence-electron chi connectivity index (χ3n) is 4.93. The highest BCUT2D eigenvalue weighted by Crippen LogP contribution is 2.23. The molecule has 5 nitrogen and oxygen atoms in total. The van der Waals surface area contributed by atoms with Gasteiger partial charge in [-0.25, -0.2) is 0 Å². The number of likely N-dealkylation sites (tertiary alicyclic amines) is 1. The van der Waals surface area contributed by atoms with Gasteiger partial charge >= 0.3 is 0 Å². The quantitative estimate of drug-likeness (QED) is 0.916. The van der Waals surface area contributed by atoms with Crippen LogP contribution in [0.3, 0.4) is 0 Å². The molecular weight excluding hydrogens is 304 g/mol. The Morgan fingerprint density at radius 1 is 1.33 bits per heavy atom. The first-order valence-electron chi connectivity index (χ1n) is 8.69. The summed E-state index contributed by atoms with van der Waals surface area (Å²) in [5.74, 6) is 0.419. The van der Waals surface area contributed by atoms with Gasteiger partial charge in [-0.05, 0) is 51.4 Å². The predicted octanol–water partition coefficient (Wildman–Crippen LogP) is 2.66. The maximum atomic E-state index is 12.7. The first-order chi connectivity index (χ1) is 11.6. The monoisotopic (exact) mass is 330 g/mol. The molecule has 0 radical (unpaired) electrons. The summed E-state index contributed by atoms with van der Waals surface area (Å²) in [6.45, 7) is 4.67. The molecule has 0 aliphatic carbocycles. The molecule has 24 heavy (non-hydrogen) atoms. The van der Waals surface area contributed by atoms with Crippen molar-refractivity contribution in [3.05, 3.63) is 35.6 Å². The van der Waals surface area contributed by atoms with Gasteiger partial charge in [-0.15, -0.1) is 0 Å². The lowest BCUT2D eigenvalue weighted by Crippen LogP contribution is -2.45. The second-order valence-electron chi connectivity index (χ2n) is 6.73. The summed E-state index contributed by atoms with van der Waals surface area (Å²) in [6, 6.07) is 8.29. The number of aliphatic hydroxyl groups is 1. The Morgan fingerprint density at radius 2 is 2.08 bits per heavy atom. The van der Waals surface area contributed by atoms with Crippen LogP contribution in [-0.4, -0.2) is 60.1 Å². The average Bonchev–Trinajstić information content (AvgIpc) is 3.02. The van der Waals surface area contributed by atoms with Crippen LogP contribution < -0.4 is 0 Å². The molecule has 0 bridgehead atoms. The number of amides is 1. The van der Waals surface area contributed by atoms with Crippen LogP contribution in [0.25, 0.3) is 11.0 Å². The van der Waals surface area contributed by atoms with Gasteiger partial charge in [0.2, 0.25) is 0 Å². The van der Waals surface area contributed by atoms with Crippen LogP contribution in [-0.2, 0) is 0 Å². The van der Waals surface area contributed by atoms with Crippen LogP contribution in [0, 0.1) is 6.92 Å². The van der Waals surface area contributed by atoms with Crippen LogP contribution in [0.15, 0.2) is 28.7 Å². The molecule has 5 heteroatoms. The third kappa shape index (κ3) is 3.62. The molecule has 0 saturated carbocycles. The van der Waals surface area contributed by atoms with Crippen molar-refractivity contribution in [1.29, 1.82) is 0 Å². The smallest absolute Gasteiger partial charge is 0.289 e. The largest absolute Gasteiger partial charge is 0.451 e. The van der Waals surface area contributed by atoms with E-state index >= 15 is 0 Å². The van der Waals surface area contributed by atoms with Crippen molar-refractivity contribution < 1.29 is 14.3 Å². The Kier molecular flexibility index (Phi) is 5.21. The van der Waals surface area contributed by atoms with Crippen LogP contribution in [0.2, 0.25) is 0 Å². The highest BCUT2D eigenvalue weighted by molar-refractivity contribution is 5.96. The van der Waals surface area contributed by atoms with Gasteiger partial charge in [0.25, 0.3) is 5.91 Å². The van der Waals surface area contributed by atoms with E-state index in [1.54, 1.807) is 0 Å². The lowest BCUT2D eigenvalue weighted by atomic mass is 10.0. The second kappa shape index (κ2) is 7.36. The molecule has 2 aromatic rings. The number of hydrogen-bond donors (Lipinski definition) is 1. The maximum Gasteiger partial charge on any atom is 0.289 e. The van der Waals surface area contributed by atoms with Crippen molar-refractivity contribution in [2.45, 2.75) is 32.2 Å². The summed E-state index contributed by atoms with van der Waals surface area (Å²) >= 11 is 0. The van der Waals surface area contributed by atoms with Crippen LogP contribution in [0.1, 0.15) is 35.4 Å². The van der Waals surface area contributed by atoms with Gasteiger partial charge in [0, 0.05) is 37.7 Å². The molecule has 1 amide bonds. The minimum absolute atomic E-state index is 0.0136. The molecule has 1 aliphatic rings. The van der Waals surface area contributed by atoms with Crippen molar-refractivity contribution in [1.82, 2.24) is 9.80 Å². The van der Waals surface area contributed by atoms with Crippen molar-refractivity contribution in [3.63, 3.8) is 0 Å². The summed E-state index contributed by atoms with van der Waals surface area (Å²) < 4.78 is 5.74. The van der Waals surface area contributed by atoms with E-state index in [2.05, 4.69) is 11.9 Å². The van der Waals surface area contributed by atoms with E-state index in [1.807, 2.05) is 36.1 Å². The summed E-state index contributed by atoms with van der Waals surface area (Å²) in [4.78, 5) is 16.9. The van der Waals surface area contributed by atoms with E-state index in [0.717, 1.165) is 55.4 Å². The van der Waals surface area contributed by atoms with Gasteiger partial charge in [0.05, 0.1) is 0 Å². The van der Waals surface area contributed by atoms with E-state index in [-0.39, 0.29) is 12.5 Å². The van der Waals surface area contributed by atoms with E-state index in [9.17, 15) is 4.79 Å². The summed E-state index contributed by atoms with van der Waals surface area (Å²) in [7, 11) is 2.10. The second-order valence-corrected chi connectivity index (χ2v) is 6.73. The third-order valence-corrected chi connectivity index (χ3v) is 4.93. The SMILES string of the molecule is Cc1ccc2oc(C(=O)N3CCC(N(C)CCCO)CC3)cc2c1. The molecule has 1 N–H and O–H groups in total. The van der Waals surface area contributed by atoms with Crippen molar-refractivity contribution >= 4 is 16.9 Å². The first-order valence-corrected chi connectivity index (χ1v) is 8.69. The van der Waals surface area contributed by atoms with Crippen molar-refractivity contribution in [2.24, 2.45) is 0 Å². The van der Waals surface area contributed by atoms with Crippen LogP contribution in [0.5, 0.6) is 0 Å². The van der Waals surface area contributed by atoms with E-state index < -0.39 is 0 Å². The van der Waals surface area contributed by atoms with Crippen LogP contribution >= 0.6 is 0 Å². The summed E-state index contributed by atoms with van der Waals surface area (Å²) in [5.41, 5.74) is 1.93. The molecule has 1 fully saturated rings. The molecule has 0 atom stereocenters. The number of fused-ring (bicyclic) bond motifs is 1. The highest BCUT2D eigenvalue weighted by Gasteiger charge is 2.27. The zero-order valence-corrected chi connectivity index (χ0v) is 14.5. The minimum atomic E-state index is -0.0136. The fraction of sp³-hybridized carbons (Fsp3) is 0.526. The van der Waals surface area contributed by atoms with Gasteiger partial charge in [0.15, 0.2) is 5.76 Å². The molecule has 1 aromatic heterocycles. The number of carbonyl (C=O) groups is 1. The number of furan rings is 1. The molecule has 0 unspecified atom stereocenters. The number of carbonyl (C=O) groups excluding carboxylic acids is 1. The molecule has 3 rings (SSSR count). The zero-order valence-electron chi connectivity index (χ0n) is 14.5. The Hall–Kier alpha value is -1.85. The lowest BCUT2D eigenvalue weighted by molar-refractivity contribution is 0.0613. The molecule has 0 spiro atoms. The lowest BCUT2D eigenvalue weighted by Gasteiger charge is -2.36. The van der Waals surface area contributed by atoms with Gasteiger partial charge in [-0.2, -0.15) is 0 Å². The number of hydrogen-bond acceptors (Lipinski definition) is 4. The summed E-state index contributed by atoms with van der Waals surface area (Å²) in [6.07, 6.45) is 2.73. The molecule has 2 heterocycles. The topological polar surface area (TPSA) is 56.9 Å². The number of aliphatic hydroxyl groups excluding tert-OH is 1. The average molecular weight is 330 g/mol. The van der Waals surface area contributed by atoms with E-state index in [4.69, 9.17) is 9.52 Å². The van der Waals surface area contributed by atoms with Crippen molar-refractivity contribution in [3.8, 4) is 0 Å². The number of rotatable bonds is 5. The minimum Gasteiger partial charge on any atom is -0.451 e. The Labute approximate surface area is 142 Å². The molecule has 1 aromatic carbocycles. The Morgan fingerprint density at radius 3 is 2.79 bits per heavy atom. The molecule has 1 aliphatic heterocycles. The molecular formula is C19H26N2O3. The molecule has 1 saturated heterocycles. The Bertz CT molecular complexity index is 702. The first kappa shape index (κ1) is 17.0. The van der Waals surface area contributed by atoms with Gasteiger partial charge in [-0.1, -0.05) is 11.6 Å². The standard InChI is InChI=1S/C19H26N2O3/c1-14-4-5-17-15(12-14)13-18(24-17)19(23)21-9-6-16(7-10-21)20(2)8-3-11-22/h4-5,12-13,16,22H,3,6-11H2,1-2H3. The predicted molar refractivity (Wildman–Crippen MR) is 94.2 cm³/mol. The zero-order chi connectivity index (χ0) is 17.1. The van der Waals surface area contributed by atoms with Gasteiger partial charge in [0.1, 0.15) is 5.58 Å². The van der Waals surface area contributed by atoms with Crippen molar-refractivity contribution in [2.75, 3.05) is 33.3 Å². The number of nitrogens with zero attached hydrogens (tertiary/aromatic N) is 2. The van der Waals surface area contributed by atoms with E-state index in [0.29, 0.717) is 11.8 Å². The fourth-order valence-electron chi connectivity index (χ4n) is 3.44. The van der Waals surface area contributed by atoms with E-state index in [1.165, 1.54) is 0 Å².